The van der Waals surface area contributed by atoms with Crippen LogP contribution >= 0.6 is 0 Å². The number of hydrogen-bond donors (Lipinski definition) is 2. The van der Waals surface area contributed by atoms with Gasteiger partial charge in [0.2, 0.25) is 11.8 Å². The summed E-state index contributed by atoms with van der Waals surface area (Å²) in [5.41, 5.74) is 0. The SMILES string of the molecule is O=C(CN1CCN(C(=O)CCC2CCCC2)CC1)NC(=O)NCc1ccco1. The molecule has 0 radical (unpaired) electrons. The van der Waals surface area contributed by atoms with Gasteiger partial charge in [-0.15, -0.1) is 0 Å². The Morgan fingerprint density at radius 1 is 1.11 bits per heavy atom. The smallest absolute Gasteiger partial charge is 0.321 e. The molecule has 0 atom stereocenters. The largest absolute Gasteiger partial charge is 0.467 e. The molecule has 8 heteroatoms. The van der Waals surface area contributed by atoms with E-state index in [2.05, 4.69) is 10.6 Å². The summed E-state index contributed by atoms with van der Waals surface area (Å²) in [7, 11) is 0. The molecular formula is C20H30N4O4. The summed E-state index contributed by atoms with van der Waals surface area (Å²) in [4.78, 5) is 40.0. The average molecular weight is 390 g/mol. The van der Waals surface area contributed by atoms with E-state index in [-0.39, 0.29) is 24.9 Å². The molecule has 4 amide bonds. The van der Waals surface area contributed by atoms with Gasteiger partial charge in [-0.1, -0.05) is 25.7 Å². The van der Waals surface area contributed by atoms with E-state index in [9.17, 15) is 14.4 Å². The van der Waals surface area contributed by atoms with E-state index in [1.54, 1.807) is 12.1 Å². The van der Waals surface area contributed by atoms with E-state index < -0.39 is 6.03 Å². The van der Waals surface area contributed by atoms with Gasteiger partial charge in [0.15, 0.2) is 0 Å². The lowest BCUT2D eigenvalue weighted by molar-refractivity contribution is -0.133. The number of hydrogen-bond acceptors (Lipinski definition) is 5. The molecule has 2 aliphatic rings. The molecule has 1 saturated carbocycles. The van der Waals surface area contributed by atoms with Gasteiger partial charge in [-0.05, 0) is 24.5 Å². The molecule has 1 aromatic rings. The fourth-order valence-corrected chi connectivity index (χ4v) is 3.93. The summed E-state index contributed by atoms with van der Waals surface area (Å²) in [5, 5.41) is 4.90. The van der Waals surface area contributed by atoms with E-state index in [0.717, 1.165) is 12.3 Å². The van der Waals surface area contributed by atoms with Crippen LogP contribution in [0.4, 0.5) is 4.79 Å². The maximum Gasteiger partial charge on any atom is 0.321 e. The number of piperazine rings is 1. The van der Waals surface area contributed by atoms with Crippen LogP contribution in [-0.4, -0.2) is 60.4 Å². The van der Waals surface area contributed by atoms with Crippen LogP contribution in [0.2, 0.25) is 0 Å². The Bertz CT molecular complexity index is 647. The molecule has 2 heterocycles. The molecule has 0 bridgehead atoms. The van der Waals surface area contributed by atoms with Crippen LogP contribution in [0, 0.1) is 5.92 Å². The Balaban J connectivity index is 1.29. The molecule has 1 saturated heterocycles. The first-order valence-corrected chi connectivity index (χ1v) is 10.2. The van der Waals surface area contributed by atoms with E-state index in [0.29, 0.717) is 38.4 Å². The maximum atomic E-state index is 12.4. The van der Waals surface area contributed by atoms with Crippen LogP contribution in [0.1, 0.15) is 44.3 Å². The third kappa shape index (κ3) is 6.37. The second-order valence-electron chi connectivity index (χ2n) is 7.66. The highest BCUT2D eigenvalue weighted by Crippen LogP contribution is 2.28. The van der Waals surface area contributed by atoms with Gasteiger partial charge < -0.3 is 14.6 Å². The Labute approximate surface area is 165 Å². The molecule has 1 aromatic heterocycles. The van der Waals surface area contributed by atoms with Crippen molar-refractivity contribution in [3.05, 3.63) is 24.2 Å². The van der Waals surface area contributed by atoms with Gasteiger partial charge in [0.05, 0.1) is 19.4 Å². The highest BCUT2D eigenvalue weighted by atomic mass is 16.3. The van der Waals surface area contributed by atoms with Gasteiger partial charge in [-0.2, -0.15) is 0 Å². The van der Waals surface area contributed by atoms with Crippen LogP contribution in [0.15, 0.2) is 22.8 Å². The van der Waals surface area contributed by atoms with Crippen LogP contribution < -0.4 is 10.6 Å². The number of urea groups is 1. The van der Waals surface area contributed by atoms with E-state index in [4.69, 9.17) is 4.42 Å². The third-order valence-corrected chi connectivity index (χ3v) is 5.59. The number of nitrogens with one attached hydrogen (secondary N) is 2. The summed E-state index contributed by atoms with van der Waals surface area (Å²) in [5.74, 6) is 1.23. The topological polar surface area (TPSA) is 94.9 Å². The molecule has 28 heavy (non-hydrogen) atoms. The van der Waals surface area contributed by atoms with Gasteiger partial charge in [-0.25, -0.2) is 4.79 Å². The molecule has 0 spiro atoms. The summed E-state index contributed by atoms with van der Waals surface area (Å²) in [6.45, 7) is 2.96. The Morgan fingerprint density at radius 3 is 2.54 bits per heavy atom. The fraction of sp³-hybridized carbons (Fsp3) is 0.650. The summed E-state index contributed by atoms with van der Waals surface area (Å²) < 4.78 is 5.12. The monoisotopic (exact) mass is 390 g/mol. The van der Waals surface area contributed by atoms with Crippen LogP contribution in [0.3, 0.4) is 0 Å². The van der Waals surface area contributed by atoms with Crippen molar-refractivity contribution in [2.75, 3.05) is 32.7 Å². The zero-order valence-corrected chi connectivity index (χ0v) is 16.3. The normalized spacial score (nSPS) is 18.2. The molecule has 0 unspecified atom stereocenters. The number of furan rings is 1. The van der Waals surface area contributed by atoms with E-state index >= 15 is 0 Å². The van der Waals surface area contributed by atoms with Gasteiger partial charge in [-0.3, -0.25) is 19.8 Å². The van der Waals surface area contributed by atoms with Crippen molar-refractivity contribution in [1.82, 2.24) is 20.4 Å². The summed E-state index contributed by atoms with van der Waals surface area (Å²) in [6, 6.07) is 2.94. The fourth-order valence-electron chi connectivity index (χ4n) is 3.93. The van der Waals surface area contributed by atoms with Crippen LogP contribution in [0.25, 0.3) is 0 Å². The minimum absolute atomic E-state index is 0.151. The Hall–Kier alpha value is -2.35. The zero-order chi connectivity index (χ0) is 19.8. The second-order valence-corrected chi connectivity index (χ2v) is 7.66. The summed E-state index contributed by atoms with van der Waals surface area (Å²) >= 11 is 0. The standard InChI is InChI=1S/C20H30N4O4/c25-18(22-20(27)21-14-17-6-3-13-28-17)15-23-9-11-24(12-10-23)19(26)8-7-16-4-1-2-5-16/h3,6,13,16H,1-2,4-5,7-12,14-15H2,(H2,21,22,25,27). The van der Waals surface area contributed by atoms with Crippen molar-refractivity contribution in [3.63, 3.8) is 0 Å². The molecule has 1 aliphatic heterocycles. The zero-order valence-electron chi connectivity index (χ0n) is 16.3. The van der Waals surface area contributed by atoms with Crippen molar-refractivity contribution >= 4 is 17.8 Å². The van der Waals surface area contributed by atoms with Crippen LogP contribution in [-0.2, 0) is 16.1 Å². The van der Waals surface area contributed by atoms with Gasteiger partial charge in [0, 0.05) is 32.6 Å². The average Bonchev–Trinajstić information content (AvgIpc) is 3.39. The van der Waals surface area contributed by atoms with E-state index in [1.807, 2.05) is 9.80 Å². The van der Waals surface area contributed by atoms with Crippen molar-refractivity contribution in [1.29, 1.82) is 0 Å². The molecule has 2 fully saturated rings. The van der Waals surface area contributed by atoms with E-state index in [1.165, 1.54) is 31.9 Å². The van der Waals surface area contributed by atoms with Crippen molar-refractivity contribution in [2.45, 2.75) is 45.1 Å². The quantitative estimate of drug-likeness (QED) is 0.739. The van der Waals surface area contributed by atoms with Crippen LogP contribution in [0.5, 0.6) is 0 Å². The molecular weight excluding hydrogens is 360 g/mol. The highest BCUT2D eigenvalue weighted by molar-refractivity contribution is 5.95. The minimum atomic E-state index is -0.540. The van der Waals surface area contributed by atoms with Gasteiger partial charge in [0.25, 0.3) is 0 Å². The van der Waals surface area contributed by atoms with Crippen molar-refractivity contribution in [2.24, 2.45) is 5.92 Å². The molecule has 0 aromatic carbocycles. The predicted molar refractivity (Wildman–Crippen MR) is 103 cm³/mol. The maximum absolute atomic E-state index is 12.4. The molecule has 3 rings (SSSR count). The third-order valence-electron chi connectivity index (χ3n) is 5.59. The van der Waals surface area contributed by atoms with Crippen molar-refractivity contribution < 1.29 is 18.8 Å². The molecule has 1 aliphatic carbocycles. The van der Waals surface area contributed by atoms with Gasteiger partial charge >= 0.3 is 6.03 Å². The first kappa shape index (κ1) is 20.4. The lowest BCUT2D eigenvalue weighted by Crippen LogP contribution is -2.52. The second kappa shape index (κ2) is 10.3. The lowest BCUT2D eigenvalue weighted by atomic mass is 10.0. The van der Waals surface area contributed by atoms with Gasteiger partial charge in [0.1, 0.15) is 5.76 Å². The number of carbonyl (C=O) groups is 3. The predicted octanol–water partition coefficient (Wildman–Crippen LogP) is 1.72. The number of rotatable bonds is 7. The number of imide groups is 1. The summed E-state index contributed by atoms with van der Waals surface area (Å²) in [6.07, 6.45) is 8.33. The number of amides is 4. The highest BCUT2D eigenvalue weighted by Gasteiger charge is 2.24. The lowest BCUT2D eigenvalue weighted by Gasteiger charge is -2.34. The first-order valence-electron chi connectivity index (χ1n) is 10.2. The Morgan fingerprint density at radius 2 is 1.86 bits per heavy atom. The molecule has 8 nitrogen and oxygen atoms in total. The minimum Gasteiger partial charge on any atom is -0.467 e. The van der Waals surface area contributed by atoms with Crippen molar-refractivity contribution in [3.8, 4) is 0 Å². The molecule has 2 N–H and O–H groups in total. The molecule has 154 valence electrons. The number of nitrogens with zero attached hydrogens (tertiary/aromatic N) is 2. The first-order chi connectivity index (χ1) is 13.6. The number of carbonyl (C=O) groups excluding carboxylic acids is 3. The Kier molecular flexibility index (Phi) is 7.47.